The second kappa shape index (κ2) is 9.02. The molecule has 12 heteroatoms. The lowest BCUT2D eigenvalue weighted by Gasteiger charge is -2.30. The molecular formula is C21H21F3N4O4S. The Morgan fingerprint density at radius 1 is 1.24 bits per heavy atom. The summed E-state index contributed by atoms with van der Waals surface area (Å²) in [5, 5.41) is 8.87. The number of furan rings is 1. The number of nitrogens with zero attached hydrogens (tertiary/aromatic N) is 2. The molecule has 4 rings (SSSR count). The van der Waals surface area contributed by atoms with E-state index in [1.807, 2.05) is 0 Å². The van der Waals surface area contributed by atoms with Crippen LogP contribution in [-0.4, -0.2) is 41.9 Å². The number of hydrogen-bond donors (Lipinski definition) is 2. The molecule has 0 radical (unpaired) electrons. The predicted molar refractivity (Wildman–Crippen MR) is 111 cm³/mol. The maximum Gasteiger partial charge on any atom is 0.416 e. The smallest absolute Gasteiger partial charge is 0.416 e. The average molecular weight is 482 g/mol. The van der Waals surface area contributed by atoms with Gasteiger partial charge in [-0.2, -0.15) is 22.6 Å². The van der Waals surface area contributed by atoms with Gasteiger partial charge in [0.2, 0.25) is 11.0 Å². The van der Waals surface area contributed by atoms with E-state index in [9.17, 15) is 26.4 Å². The number of benzene rings is 1. The first-order valence-electron chi connectivity index (χ1n) is 10.2. The zero-order valence-electron chi connectivity index (χ0n) is 17.3. The lowest BCUT2D eigenvalue weighted by Crippen LogP contribution is -2.45. The van der Waals surface area contributed by atoms with E-state index in [0.29, 0.717) is 29.9 Å². The molecule has 0 aliphatic carbocycles. The monoisotopic (exact) mass is 482 g/mol. The number of aromatic nitrogens is 2. The number of carbonyl (C=O) groups excluding carboxylic acids is 1. The van der Waals surface area contributed by atoms with Gasteiger partial charge in [-0.15, -0.1) is 0 Å². The van der Waals surface area contributed by atoms with Crippen molar-refractivity contribution in [3.63, 3.8) is 0 Å². The van der Waals surface area contributed by atoms with Gasteiger partial charge in [0.25, 0.3) is 10.0 Å². The molecule has 8 nitrogen and oxygen atoms in total. The summed E-state index contributed by atoms with van der Waals surface area (Å²) in [6.07, 6.45) is -2.02. The van der Waals surface area contributed by atoms with Gasteiger partial charge >= 0.3 is 6.18 Å². The van der Waals surface area contributed by atoms with Crippen LogP contribution in [0.25, 0.3) is 11.5 Å². The minimum Gasteiger partial charge on any atom is -0.442 e. The number of aromatic amines is 1. The molecule has 1 aliphatic rings. The highest BCUT2D eigenvalue weighted by Gasteiger charge is 2.35. The molecule has 3 heterocycles. The fraction of sp³-hybridized carbons (Fsp3) is 0.333. The highest BCUT2D eigenvalue weighted by atomic mass is 32.2. The van der Waals surface area contributed by atoms with E-state index in [2.05, 4.69) is 15.5 Å². The van der Waals surface area contributed by atoms with Gasteiger partial charge < -0.3 is 9.73 Å². The number of rotatable bonds is 6. The topological polar surface area (TPSA) is 108 Å². The summed E-state index contributed by atoms with van der Waals surface area (Å²) < 4.78 is 71.3. The summed E-state index contributed by atoms with van der Waals surface area (Å²) >= 11 is 0. The van der Waals surface area contributed by atoms with Crippen LogP contribution in [-0.2, 0) is 27.5 Å². The van der Waals surface area contributed by atoms with E-state index in [4.69, 9.17) is 4.42 Å². The van der Waals surface area contributed by atoms with Gasteiger partial charge in [0.15, 0.2) is 5.76 Å². The van der Waals surface area contributed by atoms with Crippen LogP contribution in [0.2, 0.25) is 0 Å². The second-order valence-corrected chi connectivity index (χ2v) is 9.58. The standard InChI is InChI=1S/C21H21F3N4O4S/c22-21(23,24)16-5-1-3-14(11-16)12-25-20(29)15-4-2-10-28(13-15)33(30,31)19-7-6-18(32-19)17-8-9-26-27-17/h1,3,5-9,11,15H,2,4,10,12-13H2,(H,25,29)(H,26,27)/t15-/m0/s1. The molecule has 33 heavy (non-hydrogen) atoms. The van der Waals surface area contributed by atoms with Gasteiger partial charge in [-0.3, -0.25) is 9.89 Å². The third-order valence-corrected chi connectivity index (χ3v) is 7.16. The van der Waals surface area contributed by atoms with Crippen molar-refractivity contribution < 1.29 is 30.8 Å². The molecule has 2 N–H and O–H groups in total. The van der Waals surface area contributed by atoms with Crippen molar-refractivity contribution >= 4 is 15.9 Å². The third kappa shape index (κ3) is 5.11. The second-order valence-electron chi connectivity index (χ2n) is 7.71. The number of amides is 1. The van der Waals surface area contributed by atoms with E-state index in [1.54, 1.807) is 6.07 Å². The Morgan fingerprint density at radius 2 is 2.06 bits per heavy atom. The minimum atomic E-state index is -4.47. The Kier molecular flexibility index (Phi) is 6.30. The van der Waals surface area contributed by atoms with E-state index in [0.717, 1.165) is 12.1 Å². The Hall–Kier alpha value is -3.12. The molecule has 1 amide bonds. The summed E-state index contributed by atoms with van der Waals surface area (Å²) in [7, 11) is -3.96. The fourth-order valence-electron chi connectivity index (χ4n) is 3.69. The highest BCUT2D eigenvalue weighted by molar-refractivity contribution is 7.89. The molecule has 1 aromatic carbocycles. The molecular weight excluding hydrogens is 461 g/mol. The minimum absolute atomic E-state index is 0.0448. The quantitative estimate of drug-likeness (QED) is 0.560. The van der Waals surface area contributed by atoms with Gasteiger partial charge in [-0.1, -0.05) is 12.1 Å². The predicted octanol–water partition coefficient (Wildman–Crippen LogP) is 3.41. The van der Waals surface area contributed by atoms with Crippen LogP contribution in [0, 0.1) is 5.92 Å². The van der Waals surface area contributed by atoms with Crippen LogP contribution < -0.4 is 5.32 Å². The molecule has 1 aliphatic heterocycles. The largest absolute Gasteiger partial charge is 0.442 e. The summed E-state index contributed by atoms with van der Waals surface area (Å²) in [5.41, 5.74) is 0.0412. The van der Waals surface area contributed by atoms with Crippen molar-refractivity contribution in [1.29, 1.82) is 0 Å². The average Bonchev–Trinajstić information content (AvgIpc) is 3.49. The first kappa shape index (κ1) is 23.1. The van der Waals surface area contributed by atoms with E-state index >= 15 is 0 Å². The molecule has 176 valence electrons. The van der Waals surface area contributed by atoms with Crippen LogP contribution in [0.5, 0.6) is 0 Å². The number of alkyl halides is 3. The number of hydrogen-bond acceptors (Lipinski definition) is 5. The number of piperidine rings is 1. The first-order chi connectivity index (χ1) is 15.6. The van der Waals surface area contributed by atoms with Gasteiger partial charge in [-0.25, -0.2) is 8.42 Å². The van der Waals surface area contributed by atoms with Crippen molar-refractivity contribution in [2.24, 2.45) is 5.92 Å². The molecule has 3 aromatic rings. The van der Waals surface area contributed by atoms with Gasteiger partial charge in [0, 0.05) is 25.8 Å². The Bertz CT molecular complexity index is 1220. The lowest BCUT2D eigenvalue weighted by molar-refractivity contribution is -0.137. The molecule has 0 saturated carbocycles. The maximum atomic E-state index is 13.0. The Balaban J connectivity index is 1.40. The van der Waals surface area contributed by atoms with Crippen LogP contribution in [0.4, 0.5) is 13.2 Å². The summed E-state index contributed by atoms with van der Waals surface area (Å²) in [6.45, 7) is 0.106. The van der Waals surface area contributed by atoms with Crippen LogP contribution >= 0.6 is 0 Å². The summed E-state index contributed by atoms with van der Waals surface area (Å²) in [6, 6.07) is 9.21. The van der Waals surface area contributed by atoms with Crippen LogP contribution in [0.1, 0.15) is 24.0 Å². The molecule has 1 saturated heterocycles. The SMILES string of the molecule is O=C(NCc1cccc(C(F)(F)F)c1)[C@H]1CCCN(S(=O)(=O)c2ccc(-c3ccn[nH]3)o2)C1. The molecule has 0 spiro atoms. The number of H-pyrrole nitrogens is 1. The normalized spacial score (nSPS) is 17.7. The Morgan fingerprint density at radius 3 is 2.79 bits per heavy atom. The van der Waals surface area contributed by atoms with Gasteiger partial charge in [0.05, 0.1) is 11.5 Å². The summed E-state index contributed by atoms with van der Waals surface area (Å²) in [4.78, 5) is 12.6. The van der Waals surface area contributed by atoms with Crippen molar-refractivity contribution in [3.05, 3.63) is 59.8 Å². The molecule has 1 fully saturated rings. The van der Waals surface area contributed by atoms with E-state index in [-0.39, 0.29) is 24.7 Å². The third-order valence-electron chi connectivity index (χ3n) is 5.42. The van der Waals surface area contributed by atoms with Crippen molar-refractivity contribution in [1.82, 2.24) is 19.8 Å². The maximum absolute atomic E-state index is 13.0. The Labute approximate surface area is 187 Å². The lowest BCUT2D eigenvalue weighted by atomic mass is 9.98. The summed E-state index contributed by atoms with van der Waals surface area (Å²) in [5.74, 6) is -0.718. The molecule has 1 atom stereocenters. The number of sulfonamides is 1. The molecule has 0 unspecified atom stereocenters. The molecule has 2 aromatic heterocycles. The van der Waals surface area contributed by atoms with Crippen molar-refractivity contribution in [2.75, 3.05) is 13.1 Å². The van der Waals surface area contributed by atoms with Crippen molar-refractivity contribution in [2.45, 2.75) is 30.7 Å². The zero-order valence-corrected chi connectivity index (χ0v) is 18.1. The zero-order chi connectivity index (χ0) is 23.6. The van der Waals surface area contributed by atoms with E-state index < -0.39 is 33.6 Å². The van der Waals surface area contributed by atoms with Gasteiger partial charge in [-0.05, 0) is 48.7 Å². The number of halogens is 3. The first-order valence-corrected chi connectivity index (χ1v) is 11.6. The molecule has 0 bridgehead atoms. The fourth-order valence-corrected chi connectivity index (χ4v) is 5.12. The van der Waals surface area contributed by atoms with Crippen LogP contribution in [0.15, 0.2) is 58.2 Å². The van der Waals surface area contributed by atoms with Gasteiger partial charge in [0.1, 0.15) is 5.69 Å². The highest BCUT2D eigenvalue weighted by Crippen LogP contribution is 2.30. The number of carbonyl (C=O) groups is 1. The van der Waals surface area contributed by atoms with E-state index in [1.165, 1.54) is 34.8 Å². The van der Waals surface area contributed by atoms with Crippen molar-refractivity contribution in [3.8, 4) is 11.5 Å². The number of nitrogens with one attached hydrogen (secondary N) is 2. The van der Waals surface area contributed by atoms with Crippen LogP contribution in [0.3, 0.4) is 0 Å².